The number of hydrogen-bond acceptors (Lipinski definition) is 4. The number of rotatable bonds is 5. The maximum atomic E-state index is 12.1. The summed E-state index contributed by atoms with van der Waals surface area (Å²) in [7, 11) is 0. The molecule has 0 saturated carbocycles. The predicted molar refractivity (Wildman–Crippen MR) is 91.6 cm³/mol. The molecule has 1 atom stereocenters. The van der Waals surface area contributed by atoms with E-state index in [9.17, 15) is 9.90 Å². The van der Waals surface area contributed by atoms with Crippen LogP contribution in [0, 0.1) is 6.92 Å². The fourth-order valence-electron chi connectivity index (χ4n) is 3.33. The summed E-state index contributed by atoms with van der Waals surface area (Å²) in [5.41, 5.74) is 2.71. The molecule has 0 saturated heterocycles. The molecule has 1 amide bonds. The van der Waals surface area contributed by atoms with Crippen molar-refractivity contribution < 1.29 is 14.6 Å². The minimum absolute atomic E-state index is 0.0881. The molecule has 3 rings (SSSR count). The van der Waals surface area contributed by atoms with Crippen LogP contribution in [-0.4, -0.2) is 27.4 Å². The first kappa shape index (κ1) is 16.4. The molecule has 6 heteroatoms. The molecule has 0 unspecified atom stereocenters. The number of aromatic nitrogens is 2. The van der Waals surface area contributed by atoms with Crippen LogP contribution in [0.2, 0.25) is 0 Å². The fraction of sp³-hybridized carbons (Fsp3) is 0.444. The number of aryl methyl sites for hydroxylation is 1. The summed E-state index contributed by atoms with van der Waals surface area (Å²) in [5.74, 6) is 0.840. The topological polar surface area (TPSA) is 76.4 Å². The van der Waals surface area contributed by atoms with Crippen LogP contribution in [-0.2, 0) is 11.3 Å². The van der Waals surface area contributed by atoms with Gasteiger partial charge in [0.25, 0.3) is 0 Å². The maximum absolute atomic E-state index is 12.1. The number of carbonyl (C=O) groups excluding carboxylic acids is 1. The molecule has 1 aromatic heterocycles. The zero-order chi connectivity index (χ0) is 17.3. The lowest BCUT2D eigenvalue weighted by molar-refractivity contribution is -0.116. The molecule has 0 aliphatic carbocycles. The Bertz CT molecular complexity index is 767. The number of amides is 1. The van der Waals surface area contributed by atoms with Gasteiger partial charge in [-0.25, -0.2) is 0 Å². The van der Waals surface area contributed by atoms with Crippen molar-refractivity contribution in [2.24, 2.45) is 0 Å². The van der Waals surface area contributed by atoms with Crippen LogP contribution in [0.1, 0.15) is 49.4 Å². The van der Waals surface area contributed by atoms with Gasteiger partial charge in [-0.15, -0.1) is 0 Å². The van der Waals surface area contributed by atoms with Crippen LogP contribution in [0.3, 0.4) is 0 Å². The average molecular weight is 329 g/mol. The first-order chi connectivity index (χ1) is 11.6. The van der Waals surface area contributed by atoms with Crippen LogP contribution in [0.25, 0.3) is 0 Å². The van der Waals surface area contributed by atoms with Gasteiger partial charge in [0.1, 0.15) is 0 Å². The van der Waals surface area contributed by atoms with Crippen molar-refractivity contribution in [3.63, 3.8) is 0 Å². The van der Waals surface area contributed by atoms with Gasteiger partial charge >= 0.3 is 0 Å². The van der Waals surface area contributed by atoms with Crippen LogP contribution >= 0.6 is 0 Å². The number of phenolic OH excluding ortho intramolecular Hbond substituents is 1. The average Bonchev–Trinajstić information content (AvgIpc) is 2.85. The highest BCUT2D eigenvalue weighted by Gasteiger charge is 2.33. The number of carbonyl (C=O) groups is 1. The van der Waals surface area contributed by atoms with Gasteiger partial charge in [0.05, 0.1) is 6.61 Å². The number of phenols is 1. The number of anilines is 1. The highest BCUT2D eigenvalue weighted by atomic mass is 16.5. The standard InChI is InChI=1S/C18H23N3O3/c1-4-9-21-11(3)16-13(10-15(22)19-18(16)20-21)12-7-6-8-14(17(12)23)24-5-2/h6-8,13,23H,4-5,9-10H2,1-3H3,(H,19,20,22)/t13-/m0/s1. The number of aromatic hydroxyl groups is 1. The smallest absolute Gasteiger partial charge is 0.226 e. The lowest BCUT2D eigenvalue weighted by Gasteiger charge is -2.24. The molecule has 1 aliphatic heterocycles. The van der Waals surface area contributed by atoms with Gasteiger partial charge in [-0.1, -0.05) is 19.1 Å². The number of para-hydroxylation sites is 1. The van der Waals surface area contributed by atoms with E-state index >= 15 is 0 Å². The van der Waals surface area contributed by atoms with E-state index in [0.717, 1.165) is 24.2 Å². The van der Waals surface area contributed by atoms with Crippen molar-refractivity contribution in [2.75, 3.05) is 11.9 Å². The summed E-state index contributed by atoms with van der Waals surface area (Å²) < 4.78 is 7.41. The van der Waals surface area contributed by atoms with Crippen molar-refractivity contribution in [1.29, 1.82) is 0 Å². The summed E-state index contributed by atoms with van der Waals surface area (Å²) in [5, 5.41) is 18.0. The number of hydrogen-bond donors (Lipinski definition) is 2. The third-order valence-corrected chi connectivity index (χ3v) is 4.39. The highest BCUT2D eigenvalue weighted by molar-refractivity contribution is 5.94. The molecule has 0 fully saturated rings. The summed E-state index contributed by atoms with van der Waals surface area (Å²) in [4.78, 5) is 12.1. The summed E-state index contributed by atoms with van der Waals surface area (Å²) >= 11 is 0. The SMILES string of the molecule is CCCn1nc2c(c1C)[C@H](c1cccc(OCC)c1O)CC(=O)N2. The first-order valence-electron chi connectivity index (χ1n) is 8.38. The number of nitrogens with one attached hydrogen (secondary N) is 1. The van der Waals surface area contributed by atoms with E-state index in [4.69, 9.17) is 4.74 Å². The molecule has 1 aliphatic rings. The Labute approximate surface area is 141 Å². The quantitative estimate of drug-likeness (QED) is 0.883. The summed E-state index contributed by atoms with van der Waals surface area (Å²) in [6.07, 6.45) is 1.25. The van der Waals surface area contributed by atoms with Crippen LogP contribution in [0.15, 0.2) is 18.2 Å². The van der Waals surface area contributed by atoms with E-state index in [1.807, 2.05) is 30.7 Å². The fourth-order valence-corrected chi connectivity index (χ4v) is 3.33. The molecule has 128 valence electrons. The number of nitrogens with zero attached hydrogens (tertiary/aromatic N) is 2. The number of fused-ring (bicyclic) bond motifs is 1. The van der Waals surface area contributed by atoms with E-state index < -0.39 is 0 Å². The van der Waals surface area contributed by atoms with E-state index in [1.165, 1.54) is 0 Å². The lowest BCUT2D eigenvalue weighted by atomic mass is 9.85. The zero-order valence-electron chi connectivity index (χ0n) is 14.3. The van der Waals surface area contributed by atoms with Crippen molar-refractivity contribution in [3.05, 3.63) is 35.0 Å². The Kier molecular flexibility index (Phi) is 4.46. The minimum Gasteiger partial charge on any atom is -0.504 e. The Balaban J connectivity index is 2.10. The van der Waals surface area contributed by atoms with Crippen molar-refractivity contribution in [3.8, 4) is 11.5 Å². The number of ether oxygens (including phenoxy) is 1. The molecular weight excluding hydrogens is 306 g/mol. The zero-order valence-corrected chi connectivity index (χ0v) is 14.3. The molecule has 24 heavy (non-hydrogen) atoms. The Morgan fingerprint density at radius 1 is 1.42 bits per heavy atom. The lowest BCUT2D eigenvalue weighted by Crippen LogP contribution is -2.23. The van der Waals surface area contributed by atoms with E-state index in [0.29, 0.717) is 23.7 Å². The third kappa shape index (κ3) is 2.72. The monoisotopic (exact) mass is 329 g/mol. The van der Waals surface area contributed by atoms with Gasteiger partial charge in [0, 0.05) is 35.7 Å². The Morgan fingerprint density at radius 3 is 2.92 bits per heavy atom. The van der Waals surface area contributed by atoms with Gasteiger partial charge < -0.3 is 15.2 Å². The summed E-state index contributed by atoms with van der Waals surface area (Å²) in [6, 6.07) is 5.43. The van der Waals surface area contributed by atoms with Crippen molar-refractivity contribution in [2.45, 2.75) is 46.1 Å². The maximum Gasteiger partial charge on any atom is 0.226 e. The predicted octanol–water partition coefficient (Wildman–Crippen LogP) is 3.18. The molecule has 0 bridgehead atoms. The molecule has 2 heterocycles. The van der Waals surface area contributed by atoms with Crippen LogP contribution in [0.4, 0.5) is 5.82 Å². The molecule has 1 aromatic carbocycles. The number of benzene rings is 1. The third-order valence-electron chi connectivity index (χ3n) is 4.39. The molecular formula is C18H23N3O3. The Morgan fingerprint density at radius 2 is 2.21 bits per heavy atom. The minimum atomic E-state index is -0.222. The largest absolute Gasteiger partial charge is 0.504 e. The summed E-state index contributed by atoms with van der Waals surface area (Å²) in [6.45, 7) is 7.24. The van der Waals surface area contributed by atoms with E-state index in [1.54, 1.807) is 6.07 Å². The Hall–Kier alpha value is -2.50. The van der Waals surface area contributed by atoms with Crippen molar-refractivity contribution in [1.82, 2.24) is 9.78 Å². The normalized spacial score (nSPS) is 16.6. The van der Waals surface area contributed by atoms with Gasteiger partial charge in [-0.05, 0) is 26.3 Å². The van der Waals surface area contributed by atoms with E-state index in [-0.39, 0.29) is 24.0 Å². The highest BCUT2D eigenvalue weighted by Crippen LogP contribution is 2.44. The van der Waals surface area contributed by atoms with Gasteiger partial charge in [-0.3, -0.25) is 9.48 Å². The molecule has 0 radical (unpaired) electrons. The second-order valence-electron chi connectivity index (χ2n) is 6.00. The van der Waals surface area contributed by atoms with Crippen LogP contribution < -0.4 is 10.1 Å². The second kappa shape index (κ2) is 6.55. The van der Waals surface area contributed by atoms with Gasteiger partial charge in [-0.2, -0.15) is 5.10 Å². The molecule has 2 aromatic rings. The van der Waals surface area contributed by atoms with Crippen LogP contribution in [0.5, 0.6) is 11.5 Å². The first-order valence-corrected chi connectivity index (χ1v) is 8.38. The molecule has 0 spiro atoms. The second-order valence-corrected chi connectivity index (χ2v) is 6.00. The molecule has 6 nitrogen and oxygen atoms in total. The van der Waals surface area contributed by atoms with Gasteiger partial charge in [0.2, 0.25) is 5.91 Å². The van der Waals surface area contributed by atoms with Gasteiger partial charge in [0.15, 0.2) is 17.3 Å². The molecule has 2 N–H and O–H groups in total. The van der Waals surface area contributed by atoms with Crippen molar-refractivity contribution >= 4 is 11.7 Å². The van der Waals surface area contributed by atoms with E-state index in [2.05, 4.69) is 17.3 Å².